The van der Waals surface area contributed by atoms with E-state index >= 15 is 0 Å². The fourth-order valence-corrected chi connectivity index (χ4v) is 3.43. The third-order valence-electron chi connectivity index (χ3n) is 4.57. The highest BCUT2D eigenvalue weighted by atomic mass is 35.5. The van der Waals surface area contributed by atoms with Crippen LogP contribution in [0.25, 0.3) is 21.8 Å². The first-order valence-corrected chi connectivity index (χ1v) is 9.04. The molecule has 0 spiro atoms. The first kappa shape index (κ1) is 17.5. The molecule has 4 rings (SSSR count). The molecule has 0 radical (unpaired) electrons. The molecular weight excluding hydrogens is 364 g/mol. The summed E-state index contributed by atoms with van der Waals surface area (Å²) in [5.74, 6) is 1.35. The van der Waals surface area contributed by atoms with Gasteiger partial charge in [0.1, 0.15) is 5.75 Å². The minimum atomic E-state index is 0.558. The van der Waals surface area contributed by atoms with Crippen molar-refractivity contribution in [1.82, 2.24) is 25.0 Å². The summed E-state index contributed by atoms with van der Waals surface area (Å²) in [4.78, 5) is 4.56. The van der Waals surface area contributed by atoms with E-state index in [1.807, 2.05) is 49.1 Å². The van der Waals surface area contributed by atoms with Gasteiger partial charge in [-0.1, -0.05) is 17.7 Å². The zero-order valence-corrected chi connectivity index (χ0v) is 16.1. The first-order valence-electron chi connectivity index (χ1n) is 8.66. The summed E-state index contributed by atoms with van der Waals surface area (Å²) in [6.45, 7) is 5.29. The number of nitrogens with one attached hydrogen (secondary N) is 1. The zero-order valence-electron chi connectivity index (χ0n) is 15.3. The summed E-state index contributed by atoms with van der Waals surface area (Å²) in [7, 11) is 1.60. The van der Waals surface area contributed by atoms with Gasteiger partial charge >= 0.3 is 0 Å². The molecule has 0 aliphatic heterocycles. The van der Waals surface area contributed by atoms with E-state index in [-0.39, 0.29) is 0 Å². The average molecular weight is 383 g/mol. The number of hydrogen-bond donors (Lipinski definition) is 1. The molecule has 0 bridgehead atoms. The van der Waals surface area contributed by atoms with Crippen LogP contribution in [0, 0.1) is 6.92 Å². The summed E-state index contributed by atoms with van der Waals surface area (Å²) in [6, 6.07) is 5.70. The molecular formula is C19H19ClN6O. The molecule has 7 nitrogen and oxygen atoms in total. The number of halogens is 1. The number of nitrogens with zero attached hydrogens (tertiary/aromatic N) is 5. The highest BCUT2D eigenvalue weighted by Gasteiger charge is 2.14. The monoisotopic (exact) mass is 382 g/mol. The van der Waals surface area contributed by atoms with Gasteiger partial charge in [-0.25, -0.2) is 9.67 Å². The van der Waals surface area contributed by atoms with Crippen LogP contribution < -0.4 is 10.1 Å². The van der Waals surface area contributed by atoms with Crippen LogP contribution in [0.4, 0.5) is 5.82 Å². The Hall–Kier alpha value is -2.93. The SMILES string of the molecule is CCn1ncc2c3c(NCc4ccc(OC)c(Cl)c4)nnc(C)c3cnc21. The Kier molecular flexibility index (Phi) is 4.53. The Balaban J connectivity index is 1.76. The maximum absolute atomic E-state index is 6.22. The van der Waals surface area contributed by atoms with Gasteiger partial charge in [-0.15, -0.1) is 5.10 Å². The second-order valence-electron chi connectivity index (χ2n) is 6.20. The second kappa shape index (κ2) is 7.00. The highest BCUT2D eigenvalue weighted by molar-refractivity contribution is 6.32. The first-order chi connectivity index (χ1) is 13.1. The van der Waals surface area contributed by atoms with Crippen molar-refractivity contribution in [3.63, 3.8) is 0 Å². The molecule has 27 heavy (non-hydrogen) atoms. The fourth-order valence-electron chi connectivity index (χ4n) is 3.15. The number of ether oxygens (including phenoxy) is 1. The van der Waals surface area contributed by atoms with E-state index in [0.29, 0.717) is 23.1 Å². The molecule has 8 heteroatoms. The molecule has 0 aliphatic rings. The maximum atomic E-state index is 6.22. The van der Waals surface area contributed by atoms with Crippen LogP contribution in [0.2, 0.25) is 5.02 Å². The van der Waals surface area contributed by atoms with Crippen molar-refractivity contribution in [2.75, 3.05) is 12.4 Å². The maximum Gasteiger partial charge on any atom is 0.158 e. The third-order valence-corrected chi connectivity index (χ3v) is 4.86. The molecule has 0 fully saturated rings. The Morgan fingerprint density at radius 2 is 2.04 bits per heavy atom. The number of rotatable bonds is 5. The van der Waals surface area contributed by atoms with E-state index in [9.17, 15) is 0 Å². The number of anilines is 1. The fraction of sp³-hybridized carbons (Fsp3) is 0.263. The molecule has 0 aliphatic carbocycles. The van der Waals surface area contributed by atoms with Crippen molar-refractivity contribution >= 4 is 39.2 Å². The van der Waals surface area contributed by atoms with Gasteiger partial charge < -0.3 is 10.1 Å². The number of aromatic nitrogens is 5. The molecule has 0 saturated heterocycles. The van der Waals surface area contributed by atoms with E-state index in [2.05, 4.69) is 25.6 Å². The summed E-state index contributed by atoms with van der Waals surface area (Å²) in [5, 5.41) is 19.9. The number of fused-ring (bicyclic) bond motifs is 3. The van der Waals surface area contributed by atoms with Crippen molar-refractivity contribution in [1.29, 1.82) is 0 Å². The lowest BCUT2D eigenvalue weighted by Gasteiger charge is -2.11. The number of aryl methyl sites for hydroxylation is 2. The third kappa shape index (κ3) is 3.04. The van der Waals surface area contributed by atoms with Crippen LogP contribution in [0.1, 0.15) is 18.2 Å². The molecule has 3 heterocycles. The van der Waals surface area contributed by atoms with Gasteiger partial charge in [-0.2, -0.15) is 10.2 Å². The molecule has 0 atom stereocenters. The minimum absolute atomic E-state index is 0.558. The second-order valence-corrected chi connectivity index (χ2v) is 6.61. The van der Waals surface area contributed by atoms with Crippen molar-refractivity contribution in [3.05, 3.63) is 46.9 Å². The molecule has 0 saturated carbocycles. The van der Waals surface area contributed by atoms with E-state index in [1.165, 1.54) is 0 Å². The largest absolute Gasteiger partial charge is 0.495 e. The minimum Gasteiger partial charge on any atom is -0.495 e. The molecule has 0 amide bonds. The van der Waals surface area contributed by atoms with Crippen LogP contribution in [-0.2, 0) is 13.1 Å². The van der Waals surface area contributed by atoms with Crippen molar-refractivity contribution in [3.8, 4) is 5.75 Å². The molecule has 138 valence electrons. The number of benzene rings is 1. The van der Waals surface area contributed by atoms with Crippen molar-refractivity contribution in [2.24, 2.45) is 0 Å². The highest BCUT2D eigenvalue weighted by Crippen LogP contribution is 2.30. The summed E-state index contributed by atoms with van der Waals surface area (Å²) in [5.41, 5.74) is 2.69. The van der Waals surface area contributed by atoms with Crippen molar-refractivity contribution < 1.29 is 4.74 Å². The summed E-state index contributed by atoms with van der Waals surface area (Å²) in [6.07, 6.45) is 3.68. The number of pyridine rings is 1. The van der Waals surface area contributed by atoms with E-state index in [1.54, 1.807) is 7.11 Å². The Bertz CT molecular complexity index is 1140. The quantitative estimate of drug-likeness (QED) is 0.562. The lowest BCUT2D eigenvalue weighted by atomic mass is 10.1. The van der Waals surface area contributed by atoms with Gasteiger partial charge in [-0.3, -0.25) is 0 Å². The predicted molar refractivity (Wildman–Crippen MR) is 106 cm³/mol. The van der Waals surface area contributed by atoms with Crippen LogP contribution in [0.5, 0.6) is 5.75 Å². The molecule has 3 aromatic heterocycles. The van der Waals surface area contributed by atoms with Crippen LogP contribution in [-0.4, -0.2) is 32.1 Å². The Labute approximate surface area is 161 Å². The number of methoxy groups -OCH3 is 1. The Morgan fingerprint density at radius 3 is 2.78 bits per heavy atom. The Morgan fingerprint density at radius 1 is 1.19 bits per heavy atom. The summed E-state index contributed by atoms with van der Waals surface area (Å²) < 4.78 is 7.08. The molecule has 1 aromatic carbocycles. The lowest BCUT2D eigenvalue weighted by Crippen LogP contribution is -2.05. The predicted octanol–water partition coefficient (Wildman–Crippen LogP) is 3.98. The molecule has 4 aromatic rings. The number of hydrogen-bond acceptors (Lipinski definition) is 6. The van der Waals surface area contributed by atoms with E-state index in [0.717, 1.165) is 39.6 Å². The van der Waals surface area contributed by atoms with Crippen LogP contribution >= 0.6 is 11.6 Å². The van der Waals surface area contributed by atoms with Gasteiger partial charge in [0.25, 0.3) is 0 Å². The van der Waals surface area contributed by atoms with E-state index < -0.39 is 0 Å². The van der Waals surface area contributed by atoms with Crippen LogP contribution in [0.3, 0.4) is 0 Å². The topological polar surface area (TPSA) is 77.8 Å². The zero-order chi connectivity index (χ0) is 19.0. The van der Waals surface area contributed by atoms with Crippen LogP contribution in [0.15, 0.2) is 30.6 Å². The van der Waals surface area contributed by atoms with Gasteiger partial charge in [-0.05, 0) is 31.5 Å². The molecule has 1 N–H and O–H groups in total. The smallest absolute Gasteiger partial charge is 0.158 e. The standard InChI is InChI=1S/C19H19ClN6O/c1-4-26-19-14(10-23-26)17-13(9-22-19)11(2)24-25-18(17)21-8-12-5-6-16(27-3)15(20)7-12/h5-7,9-10H,4,8H2,1-3H3,(H,21,25). The molecule has 0 unspecified atom stereocenters. The van der Waals surface area contributed by atoms with Crippen molar-refractivity contribution in [2.45, 2.75) is 26.9 Å². The average Bonchev–Trinajstić information content (AvgIpc) is 3.11. The van der Waals surface area contributed by atoms with Gasteiger partial charge in [0, 0.05) is 30.1 Å². The normalized spacial score (nSPS) is 11.3. The summed E-state index contributed by atoms with van der Waals surface area (Å²) >= 11 is 6.22. The van der Waals surface area contributed by atoms with Gasteiger partial charge in [0.15, 0.2) is 11.5 Å². The lowest BCUT2D eigenvalue weighted by molar-refractivity contribution is 0.415. The van der Waals surface area contributed by atoms with E-state index in [4.69, 9.17) is 16.3 Å². The van der Waals surface area contributed by atoms with Gasteiger partial charge in [0.05, 0.1) is 29.4 Å². The van der Waals surface area contributed by atoms with Gasteiger partial charge in [0.2, 0.25) is 0 Å².